The van der Waals surface area contributed by atoms with E-state index in [0.29, 0.717) is 45.6 Å². The highest BCUT2D eigenvalue weighted by Crippen LogP contribution is 2.40. The summed E-state index contributed by atoms with van der Waals surface area (Å²) in [6.45, 7) is 0. The first-order valence-electron chi connectivity index (χ1n) is 12.3. The number of carbonyl (C=O) groups excluding carboxylic acids is 2. The van der Waals surface area contributed by atoms with Crippen molar-refractivity contribution in [3.05, 3.63) is 64.9 Å². The van der Waals surface area contributed by atoms with Crippen LogP contribution in [0.15, 0.2) is 53.2 Å². The van der Waals surface area contributed by atoms with Crippen molar-refractivity contribution in [1.82, 2.24) is 0 Å². The van der Waals surface area contributed by atoms with Crippen LogP contribution in [0.1, 0.15) is 21.5 Å². The lowest BCUT2D eigenvalue weighted by Crippen LogP contribution is -2.10. The number of hydrogen-bond donors (Lipinski definition) is 0. The van der Waals surface area contributed by atoms with E-state index in [2.05, 4.69) is 4.99 Å². The predicted octanol–water partition coefficient (Wildman–Crippen LogP) is 4.31. The second-order valence-electron chi connectivity index (χ2n) is 8.46. The zero-order chi connectivity index (χ0) is 30.4. The van der Waals surface area contributed by atoms with Crippen LogP contribution < -0.4 is 37.9 Å². The Labute approximate surface area is 241 Å². The zero-order valence-corrected chi connectivity index (χ0v) is 24.1. The fourth-order valence-corrected chi connectivity index (χ4v) is 4.11. The maximum Gasteiger partial charge on any atom is 0.363 e. The van der Waals surface area contributed by atoms with Crippen LogP contribution in [0.5, 0.6) is 46.0 Å². The van der Waals surface area contributed by atoms with E-state index in [9.17, 15) is 9.59 Å². The molecule has 0 unspecified atom stereocenters. The smallest absolute Gasteiger partial charge is 0.363 e. The third-order valence-electron chi connectivity index (χ3n) is 6.13. The summed E-state index contributed by atoms with van der Waals surface area (Å²) < 4.78 is 48.4. The normalized spacial score (nSPS) is 13.2. The van der Waals surface area contributed by atoms with Crippen molar-refractivity contribution in [3.63, 3.8) is 0 Å². The molecule has 0 aromatic heterocycles. The summed E-state index contributed by atoms with van der Waals surface area (Å²) in [5.74, 6) is 1.20. The molecule has 12 nitrogen and oxygen atoms in total. The number of methoxy groups -OCH3 is 7. The van der Waals surface area contributed by atoms with Crippen LogP contribution in [-0.2, 0) is 9.53 Å². The van der Waals surface area contributed by atoms with Crippen LogP contribution in [0.4, 0.5) is 0 Å². The number of benzene rings is 3. The number of ether oxygens (including phenoxy) is 9. The largest absolute Gasteiger partial charge is 0.493 e. The highest BCUT2D eigenvalue weighted by atomic mass is 16.6. The summed E-state index contributed by atoms with van der Waals surface area (Å²) in [5, 5.41) is 0. The summed E-state index contributed by atoms with van der Waals surface area (Å²) in [4.78, 5) is 30.0. The molecule has 1 aliphatic rings. The summed E-state index contributed by atoms with van der Waals surface area (Å²) in [5.41, 5.74) is 1.21. The van der Waals surface area contributed by atoms with E-state index in [0.717, 1.165) is 0 Å². The summed E-state index contributed by atoms with van der Waals surface area (Å²) in [7, 11) is 10.2. The van der Waals surface area contributed by atoms with Gasteiger partial charge in [0.05, 0.1) is 55.3 Å². The molecule has 0 bridgehead atoms. The fraction of sp³-hybridized carbons (Fsp3) is 0.233. The van der Waals surface area contributed by atoms with E-state index >= 15 is 0 Å². The van der Waals surface area contributed by atoms with Gasteiger partial charge in [-0.25, -0.2) is 14.6 Å². The van der Waals surface area contributed by atoms with Gasteiger partial charge in [0.15, 0.2) is 40.2 Å². The molecule has 0 radical (unpaired) electrons. The lowest BCUT2D eigenvalue weighted by molar-refractivity contribution is -0.129. The molecule has 4 rings (SSSR count). The molecule has 0 saturated carbocycles. The van der Waals surface area contributed by atoms with Gasteiger partial charge in [-0.05, 0) is 48.0 Å². The lowest BCUT2D eigenvalue weighted by Gasteiger charge is -2.14. The molecule has 0 amide bonds. The van der Waals surface area contributed by atoms with Crippen molar-refractivity contribution in [2.45, 2.75) is 0 Å². The van der Waals surface area contributed by atoms with Crippen molar-refractivity contribution in [3.8, 4) is 46.0 Å². The number of esters is 2. The van der Waals surface area contributed by atoms with Crippen molar-refractivity contribution in [2.75, 3.05) is 49.8 Å². The van der Waals surface area contributed by atoms with Crippen LogP contribution >= 0.6 is 0 Å². The van der Waals surface area contributed by atoms with Gasteiger partial charge < -0.3 is 42.6 Å². The first kappa shape index (κ1) is 29.6. The number of rotatable bonds is 11. The number of carbonyl (C=O) groups is 2. The Morgan fingerprint density at radius 2 is 1.19 bits per heavy atom. The molecule has 1 aliphatic heterocycles. The molecule has 3 aromatic rings. The molecule has 0 aliphatic carbocycles. The van der Waals surface area contributed by atoms with Crippen LogP contribution in [0.3, 0.4) is 0 Å². The van der Waals surface area contributed by atoms with E-state index < -0.39 is 11.9 Å². The highest BCUT2D eigenvalue weighted by Gasteiger charge is 2.27. The molecule has 42 heavy (non-hydrogen) atoms. The van der Waals surface area contributed by atoms with Gasteiger partial charge in [-0.3, -0.25) is 0 Å². The minimum Gasteiger partial charge on any atom is -0.493 e. The minimum absolute atomic E-state index is 0.0444. The van der Waals surface area contributed by atoms with Crippen LogP contribution in [0, 0.1) is 0 Å². The average molecular weight is 580 g/mol. The van der Waals surface area contributed by atoms with Crippen LogP contribution in [0.25, 0.3) is 6.08 Å². The Hall–Kier alpha value is -5.39. The number of aliphatic imine (C=N–C) groups is 1. The molecular formula is C30H29NO11. The van der Waals surface area contributed by atoms with Crippen molar-refractivity contribution < 1.29 is 52.2 Å². The summed E-state index contributed by atoms with van der Waals surface area (Å²) >= 11 is 0. The maximum atomic E-state index is 13.0. The van der Waals surface area contributed by atoms with Gasteiger partial charge in [0.25, 0.3) is 0 Å². The molecule has 0 fully saturated rings. The average Bonchev–Trinajstić information content (AvgIpc) is 3.39. The minimum atomic E-state index is -0.683. The van der Waals surface area contributed by atoms with Gasteiger partial charge in [0.2, 0.25) is 17.4 Å². The fourth-order valence-electron chi connectivity index (χ4n) is 4.11. The van der Waals surface area contributed by atoms with E-state index in [1.807, 2.05) is 0 Å². The quantitative estimate of drug-likeness (QED) is 0.183. The molecule has 0 spiro atoms. The topological polar surface area (TPSA) is 130 Å². The molecule has 0 N–H and O–H groups in total. The lowest BCUT2D eigenvalue weighted by atomic mass is 10.1. The van der Waals surface area contributed by atoms with Gasteiger partial charge in [0, 0.05) is 5.56 Å². The second kappa shape index (κ2) is 12.9. The Bertz CT molecular complexity index is 1530. The third kappa shape index (κ3) is 5.87. The number of nitrogens with zero attached hydrogens (tertiary/aromatic N) is 1. The molecular weight excluding hydrogens is 550 g/mol. The van der Waals surface area contributed by atoms with Crippen molar-refractivity contribution in [1.29, 1.82) is 0 Å². The molecule has 220 valence electrons. The van der Waals surface area contributed by atoms with Gasteiger partial charge in [-0.2, -0.15) is 0 Å². The number of cyclic esters (lactones) is 1. The third-order valence-corrected chi connectivity index (χ3v) is 6.13. The standard InChI is InChI=1S/C30H29NO11/c1-34-21-11-16(8-9-20(21)41-29(32)18-14-24(37-4)27(40-7)25(15-18)38-5)10-19-30(33)42-28(31-19)17-12-22(35-2)26(39-6)23(13-17)36-3/h8-15H,1-7H3/b19-10-. The first-order chi connectivity index (χ1) is 20.3. The van der Waals surface area contributed by atoms with Gasteiger partial charge >= 0.3 is 11.9 Å². The zero-order valence-electron chi connectivity index (χ0n) is 24.1. The Balaban J connectivity index is 1.61. The molecule has 1 heterocycles. The van der Waals surface area contributed by atoms with E-state index in [1.54, 1.807) is 24.3 Å². The Morgan fingerprint density at radius 3 is 1.69 bits per heavy atom. The van der Waals surface area contributed by atoms with Gasteiger partial charge in [0.1, 0.15) is 0 Å². The molecule has 0 atom stereocenters. The highest BCUT2D eigenvalue weighted by molar-refractivity contribution is 6.13. The first-order valence-corrected chi connectivity index (χ1v) is 12.3. The summed E-state index contributed by atoms with van der Waals surface area (Å²) in [6, 6.07) is 10.9. The van der Waals surface area contributed by atoms with Gasteiger partial charge in [-0.15, -0.1) is 0 Å². The summed E-state index contributed by atoms with van der Waals surface area (Å²) in [6.07, 6.45) is 1.51. The monoisotopic (exact) mass is 579 g/mol. The SMILES string of the molecule is COc1cc(/C=C2\N=C(c3cc(OC)c(OC)c(OC)c3)OC2=O)ccc1OC(=O)c1cc(OC)c(OC)c(OC)c1. The maximum absolute atomic E-state index is 13.0. The Morgan fingerprint density at radius 1 is 0.667 bits per heavy atom. The molecule has 12 heteroatoms. The van der Waals surface area contributed by atoms with E-state index in [1.165, 1.54) is 74.0 Å². The van der Waals surface area contributed by atoms with E-state index in [4.69, 9.17) is 42.6 Å². The predicted molar refractivity (Wildman–Crippen MR) is 151 cm³/mol. The van der Waals surface area contributed by atoms with Crippen molar-refractivity contribution >= 4 is 23.9 Å². The van der Waals surface area contributed by atoms with E-state index in [-0.39, 0.29) is 28.7 Å². The van der Waals surface area contributed by atoms with Crippen molar-refractivity contribution in [2.24, 2.45) is 4.99 Å². The van der Waals surface area contributed by atoms with Crippen LogP contribution in [0.2, 0.25) is 0 Å². The second-order valence-corrected chi connectivity index (χ2v) is 8.46. The number of hydrogen-bond acceptors (Lipinski definition) is 12. The Kier molecular flexibility index (Phi) is 9.05. The van der Waals surface area contributed by atoms with Gasteiger partial charge in [-0.1, -0.05) is 6.07 Å². The molecule has 3 aromatic carbocycles. The van der Waals surface area contributed by atoms with Crippen LogP contribution in [-0.4, -0.2) is 67.6 Å². The molecule has 0 saturated heterocycles.